The summed E-state index contributed by atoms with van der Waals surface area (Å²) in [6, 6.07) is 4.93. The van der Waals surface area contributed by atoms with Gasteiger partial charge in [0.25, 0.3) is 0 Å². The molecule has 1 fully saturated rings. The first kappa shape index (κ1) is 16.5. The molecule has 0 bridgehead atoms. The number of benzene rings is 1. The number of rotatable bonds is 3. The van der Waals surface area contributed by atoms with Gasteiger partial charge in [-0.3, -0.25) is 4.79 Å². The molecule has 1 saturated heterocycles. The van der Waals surface area contributed by atoms with Gasteiger partial charge in [0.1, 0.15) is 0 Å². The Morgan fingerprint density at radius 1 is 1.38 bits per heavy atom. The van der Waals surface area contributed by atoms with Gasteiger partial charge in [-0.15, -0.1) is 0 Å². The van der Waals surface area contributed by atoms with Crippen LogP contribution in [-0.4, -0.2) is 38.9 Å². The SMILES string of the molecule is COC(=O)C1CN(S(=O)(=O)c2ccc(Br)c(C)c2)CC1C. The second kappa shape index (κ2) is 6.06. The molecular weight excluding hydrogens is 358 g/mol. The van der Waals surface area contributed by atoms with Crippen LogP contribution in [0.5, 0.6) is 0 Å². The maximum Gasteiger partial charge on any atom is 0.310 e. The van der Waals surface area contributed by atoms with E-state index in [4.69, 9.17) is 4.74 Å². The van der Waals surface area contributed by atoms with Crippen LogP contribution in [0.15, 0.2) is 27.6 Å². The highest BCUT2D eigenvalue weighted by Gasteiger charge is 2.41. The molecule has 0 saturated carbocycles. The van der Waals surface area contributed by atoms with Crippen LogP contribution in [0.4, 0.5) is 0 Å². The van der Waals surface area contributed by atoms with Crippen LogP contribution < -0.4 is 0 Å². The number of hydrogen-bond acceptors (Lipinski definition) is 4. The molecule has 0 N–H and O–H groups in total. The number of aryl methyl sites for hydroxylation is 1. The molecule has 5 nitrogen and oxygen atoms in total. The topological polar surface area (TPSA) is 63.7 Å². The van der Waals surface area contributed by atoms with Gasteiger partial charge in [-0.2, -0.15) is 4.31 Å². The van der Waals surface area contributed by atoms with Crippen molar-refractivity contribution in [3.63, 3.8) is 0 Å². The molecule has 2 atom stereocenters. The fourth-order valence-electron chi connectivity index (χ4n) is 2.50. The number of hydrogen-bond donors (Lipinski definition) is 0. The standard InChI is InChI=1S/C14H18BrNO4S/c1-9-6-11(4-5-13(9)15)21(18,19)16-7-10(2)12(8-16)14(17)20-3/h4-6,10,12H,7-8H2,1-3H3. The van der Waals surface area contributed by atoms with Crippen molar-refractivity contribution < 1.29 is 17.9 Å². The van der Waals surface area contributed by atoms with Crippen molar-refractivity contribution in [2.75, 3.05) is 20.2 Å². The average Bonchev–Trinajstić information content (AvgIpc) is 2.83. The lowest BCUT2D eigenvalue weighted by Crippen LogP contribution is -2.30. The van der Waals surface area contributed by atoms with Crippen LogP contribution in [0.1, 0.15) is 12.5 Å². The summed E-state index contributed by atoms with van der Waals surface area (Å²) in [5.41, 5.74) is 0.854. The number of methoxy groups -OCH3 is 1. The van der Waals surface area contributed by atoms with Gasteiger partial charge in [0.15, 0.2) is 0 Å². The van der Waals surface area contributed by atoms with E-state index in [1.807, 2.05) is 13.8 Å². The third-order valence-electron chi connectivity index (χ3n) is 3.85. The maximum atomic E-state index is 12.7. The zero-order valence-corrected chi connectivity index (χ0v) is 14.6. The third-order valence-corrected chi connectivity index (χ3v) is 6.57. The third kappa shape index (κ3) is 3.14. The summed E-state index contributed by atoms with van der Waals surface area (Å²) >= 11 is 3.36. The summed E-state index contributed by atoms with van der Waals surface area (Å²) in [5.74, 6) is -0.808. The number of nitrogens with zero attached hydrogens (tertiary/aromatic N) is 1. The smallest absolute Gasteiger partial charge is 0.310 e. The molecule has 0 aromatic heterocycles. The number of halogens is 1. The Morgan fingerprint density at radius 2 is 2.05 bits per heavy atom. The Bertz CT molecular complexity index is 659. The van der Waals surface area contributed by atoms with E-state index in [0.29, 0.717) is 6.54 Å². The van der Waals surface area contributed by atoms with Gasteiger partial charge in [0, 0.05) is 17.6 Å². The van der Waals surface area contributed by atoms with E-state index in [2.05, 4.69) is 15.9 Å². The molecule has 21 heavy (non-hydrogen) atoms. The lowest BCUT2D eigenvalue weighted by molar-refractivity contribution is -0.145. The predicted octanol–water partition coefficient (Wildman–Crippen LogP) is 2.19. The fourth-order valence-corrected chi connectivity index (χ4v) is 4.40. The summed E-state index contributed by atoms with van der Waals surface area (Å²) in [5, 5.41) is 0. The molecule has 0 spiro atoms. The van der Waals surface area contributed by atoms with Crippen LogP contribution in [0.25, 0.3) is 0 Å². The van der Waals surface area contributed by atoms with Crippen molar-refractivity contribution in [3.8, 4) is 0 Å². The minimum Gasteiger partial charge on any atom is -0.469 e. The maximum absolute atomic E-state index is 12.7. The van der Waals surface area contributed by atoms with E-state index < -0.39 is 15.9 Å². The Hall–Kier alpha value is -0.920. The van der Waals surface area contributed by atoms with E-state index >= 15 is 0 Å². The predicted molar refractivity (Wildman–Crippen MR) is 82.3 cm³/mol. The molecule has 1 aromatic carbocycles. The monoisotopic (exact) mass is 375 g/mol. The minimum atomic E-state index is -3.58. The van der Waals surface area contributed by atoms with Crippen molar-refractivity contribution >= 4 is 31.9 Å². The van der Waals surface area contributed by atoms with Gasteiger partial charge in [-0.1, -0.05) is 22.9 Å². The lowest BCUT2D eigenvalue weighted by atomic mass is 9.99. The number of carbonyl (C=O) groups excluding carboxylic acids is 1. The average molecular weight is 376 g/mol. The molecule has 7 heteroatoms. The van der Waals surface area contributed by atoms with Gasteiger partial charge < -0.3 is 4.74 Å². The lowest BCUT2D eigenvalue weighted by Gasteiger charge is -2.16. The Labute approximate surface area is 133 Å². The molecule has 1 aliphatic rings. The van der Waals surface area contributed by atoms with Crippen molar-refractivity contribution in [3.05, 3.63) is 28.2 Å². The van der Waals surface area contributed by atoms with E-state index in [9.17, 15) is 13.2 Å². The summed E-state index contributed by atoms with van der Waals surface area (Å²) < 4.78 is 32.3. The van der Waals surface area contributed by atoms with E-state index in [-0.39, 0.29) is 23.3 Å². The zero-order valence-electron chi connectivity index (χ0n) is 12.2. The van der Waals surface area contributed by atoms with Crippen LogP contribution in [-0.2, 0) is 19.6 Å². The number of sulfonamides is 1. The van der Waals surface area contributed by atoms with Gasteiger partial charge >= 0.3 is 5.97 Å². The Morgan fingerprint density at radius 3 is 2.62 bits per heavy atom. The van der Waals surface area contributed by atoms with Crippen LogP contribution in [0.2, 0.25) is 0 Å². The molecule has 1 aliphatic heterocycles. The van der Waals surface area contributed by atoms with Crippen LogP contribution >= 0.6 is 15.9 Å². The van der Waals surface area contributed by atoms with Crippen LogP contribution in [0, 0.1) is 18.8 Å². The summed E-state index contributed by atoms with van der Waals surface area (Å²) in [6.07, 6.45) is 0. The molecule has 2 rings (SSSR count). The molecule has 0 radical (unpaired) electrons. The molecular formula is C14H18BrNO4S. The highest BCUT2D eigenvalue weighted by molar-refractivity contribution is 9.10. The quantitative estimate of drug-likeness (QED) is 0.759. The van der Waals surface area contributed by atoms with Gasteiger partial charge in [0.05, 0.1) is 17.9 Å². The first-order valence-corrected chi connectivity index (χ1v) is 8.84. The summed E-state index contributed by atoms with van der Waals surface area (Å²) in [4.78, 5) is 11.9. The molecule has 0 amide bonds. The van der Waals surface area contributed by atoms with Gasteiger partial charge in [-0.05, 0) is 36.6 Å². The second-order valence-electron chi connectivity index (χ2n) is 5.34. The van der Waals surface area contributed by atoms with E-state index in [0.717, 1.165) is 10.0 Å². The first-order valence-electron chi connectivity index (χ1n) is 6.61. The van der Waals surface area contributed by atoms with Gasteiger partial charge in [-0.25, -0.2) is 8.42 Å². The Balaban J connectivity index is 2.29. The molecule has 1 heterocycles. The summed E-state index contributed by atoms with van der Waals surface area (Å²) in [6.45, 7) is 4.21. The molecule has 116 valence electrons. The molecule has 0 aliphatic carbocycles. The fraction of sp³-hybridized carbons (Fsp3) is 0.500. The Kier molecular flexibility index (Phi) is 4.75. The number of esters is 1. The van der Waals surface area contributed by atoms with Crippen molar-refractivity contribution in [2.45, 2.75) is 18.7 Å². The van der Waals surface area contributed by atoms with Crippen molar-refractivity contribution in [1.29, 1.82) is 0 Å². The first-order chi connectivity index (χ1) is 9.77. The van der Waals surface area contributed by atoms with Crippen LogP contribution in [0.3, 0.4) is 0 Å². The summed E-state index contributed by atoms with van der Waals surface area (Å²) in [7, 11) is -2.26. The number of carbonyl (C=O) groups is 1. The van der Waals surface area contributed by atoms with Crippen molar-refractivity contribution in [1.82, 2.24) is 4.31 Å². The minimum absolute atomic E-state index is 0.0521. The largest absolute Gasteiger partial charge is 0.469 e. The van der Waals surface area contributed by atoms with E-state index in [1.54, 1.807) is 18.2 Å². The van der Waals surface area contributed by atoms with E-state index in [1.165, 1.54) is 11.4 Å². The normalized spacial score (nSPS) is 23.2. The van der Waals surface area contributed by atoms with Crippen molar-refractivity contribution in [2.24, 2.45) is 11.8 Å². The highest BCUT2D eigenvalue weighted by Crippen LogP contribution is 2.30. The van der Waals surface area contributed by atoms with Gasteiger partial charge in [0.2, 0.25) is 10.0 Å². The zero-order chi connectivity index (χ0) is 15.8. The number of ether oxygens (including phenoxy) is 1. The highest BCUT2D eigenvalue weighted by atomic mass is 79.9. The molecule has 1 aromatic rings. The second-order valence-corrected chi connectivity index (χ2v) is 8.13. The molecule has 2 unspecified atom stereocenters.